The van der Waals surface area contributed by atoms with E-state index in [9.17, 15) is 0 Å². The Hall–Kier alpha value is -1.10. The highest BCUT2D eigenvalue weighted by Gasteiger charge is 2.09. The van der Waals surface area contributed by atoms with Crippen molar-refractivity contribution in [2.24, 2.45) is 5.73 Å². The van der Waals surface area contributed by atoms with Crippen LogP contribution in [0.25, 0.3) is 0 Å². The van der Waals surface area contributed by atoms with E-state index >= 15 is 0 Å². The van der Waals surface area contributed by atoms with Crippen molar-refractivity contribution in [2.45, 2.75) is 19.5 Å². The number of ether oxygens (including phenoxy) is 2. The van der Waals surface area contributed by atoms with E-state index in [1.807, 2.05) is 19.1 Å². The molecule has 4 nitrogen and oxygen atoms in total. The summed E-state index contributed by atoms with van der Waals surface area (Å²) in [4.78, 5) is 2.20. The molecule has 0 fully saturated rings. The van der Waals surface area contributed by atoms with E-state index in [2.05, 4.69) is 18.0 Å². The molecule has 0 heterocycles. The van der Waals surface area contributed by atoms with Crippen LogP contribution in [-0.4, -0.2) is 39.3 Å². The highest BCUT2D eigenvalue weighted by Crippen LogP contribution is 2.23. The van der Waals surface area contributed by atoms with Crippen molar-refractivity contribution in [1.82, 2.24) is 4.90 Å². The largest absolute Gasteiger partial charge is 0.496 e. The Balaban J connectivity index is 2.80. The smallest absolute Gasteiger partial charge is 0.123 e. The Morgan fingerprint density at radius 3 is 2.61 bits per heavy atom. The number of hydrogen-bond donors (Lipinski definition) is 1. The van der Waals surface area contributed by atoms with E-state index in [1.165, 1.54) is 0 Å². The molecule has 0 saturated carbocycles. The summed E-state index contributed by atoms with van der Waals surface area (Å²) in [6.45, 7) is 4.43. The predicted octanol–water partition coefficient (Wildman–Crippen LogP) is 1.79. The number of likely N-dealkylation sites (N-methyl/N-ethyl adjacent to an activating group) is 1. The molecule has 1 aromatic rings. The number of rotatable bonds is 7. The van der Waals surface area contributed by atoms with Gasteiger partial charge in [-0.1, -0.05) is 6.07 Å². The molecule has 1 unspecified atom stereocenters. The normalized spacial score (nSPS) is 12.8. The molecule has 0 spiro atoms. The molecule has 0 bridgehead atoms. The van der Waals surface area contributed by atoms with Gasteiger partial charge in [0.1, 0.15) is 5.75 Å². The Bertz CT molecular complexity index is 367. The van der Waals surface area contributed by atoms with Gasteiger partial charge in [-0.2, -0.15) is 0 Å². The molecule has 18 heavy (non-hydrogen) atoms. The fraction of sp³-hybridized carbons (Fsp3) is 0.571. The van der Waals surface area contributed by atoms with Gasteiger partial charge < -0.3 is 15.2 Å². The molecule has 0 aliphatic carbocycles. The van der Waals surface area contributed by atoms with Gasteiger partial charge in [-0.05, 0) is 31.7 Å². The summed E-state index contributed by atoms with van der Waals surface area (Å²) in [5.74, 6) is 0.906. The molecule has 2 N–H and O–H groups in total. The van der Waals surface area contributed by atoms with Crippen LogP contribution in [0.1, 0.15) is 24.1 Å². The molecule has 1 rings (SSSR count). The van der Waals surface area contributed by atoms with Crippen LogP contribution in [-0.2, 0) is 11.3 Å². The molecule has 1 atom stereocenters. The molecule has 102 valence electrons. The first-order valence-electron chi connectivity index (χ1n) is 6.18. The Kier molecular flexibility index (Phi) is 6.12. The van der Waals surface area contributed by atoms with Gasteiger partial charge >= 0.3 is 0 Å². The highest BCUT2D eigenvalue weighted by molar-refractivity contribution is 5.38. The lowest BCUT2D eigenvalue weighted by atomic mass is 10.0. The Morgan fingerprint density at radius 2 is 2.06 bits per heavy atom. The van der Waals surface area contributed by atoms with Crippen molar-refractivity contribution in [1.29, 1.82) is 0 Å². The molecule has 0 aliphatic rings. The van der Waals surface area contributed by atoms with Crippen LogP contribution < -0.4 is 10.5 Å². The Morgan fingerprint density at radius 1 is 1.33 bits per heavy atom. The zero-order valence-corrected chi connectivity index (χ0v) is 11.8. The second-order valence-electron chi connectivity index (χ2n) is 4.59. The van der Waals surface area contributed by atoms with E-state index in [0.29, 0.717) is 0 Å². The van der Waals surface area contributed by atoms with Gasteiger partial charge in [-0.3, -0.25) is 4.90 Å². The summed E-state index contributed by atoms with van der Waals surface area (Å²) in [5.41, 5.74) is 8.20. The molecule has 0 aliphatic heterocycles. The van der Waals surface area contributed by atoms with Crippen LogP contribution in [0.3, 0.4) is 0 Å². The minimum atomic E-state index is 0.0407. The van der Waals surface area contributed by atoms with Crippen LogP contribution in [0.5, 0.6) is 5.75 Å². The monoisotopic (exact) mass is 252 g/mol. The fourth-order valence-electron chi connectivity index (χ4n) is 1.82. The van der Waals surface area contributed by atoms with Crippen molar-refractivity contribution in [3.8, 4) is 5.75 Å². The van der Waals surface area contributed by atoms with Crippen LogP contribution in [0.2, 0.25) is 0 Å². The molecular weight excluding hydrogens is 228 g/mol. The summed E-state index contributed by atoms with van der Waals surface area (Å²) in [6.07, 6.45) is 0. The van der Waals surface area contributed by atoms with Crippen LogP contribution in [0, 0.1) is 0 Å². The second kappa shape index (κ2) is 7.36. The average molecular weight is 252 g/mol. The van der Waals surface area contributed by atoms with E-state index in [4.69, 9.17) is 15.2 Å². The molecule has 0 saturated heterocycles. The van der Waals surface area contributed by atoms with Crippen molar-refractivity contribution < 1.29 is 9.47 Å². The topological polar surface area (TPSA) is 47.7 Å². The minimum absolute atomic E-state index is 0.0407. The van der Waals surface area contributed by atoms with Crippen molar-refractivity contribution in [3.05, 3.63) is 29.3 Å². The predicted molar refractivity (Wildman–Crippen MR) is 73.8 cm³/mol. The molecule has 4 heteroatoms. The third kappa shape index (κ3) is 4.29. The molecule has 0 radical (unpaired) electrons. The van der Waals surface area contributed by atoms with E-state index in [1.54, 1.807) is 14.2 Å². The Labute approximate surface area is 110 Å². The lowest BCUT2D eigenvalue weighted by Crippen LogP contribution is -2.22. The summed E-state index contributed by atoms with van der Waals surface area (Å²) < 4.78 is 10.5. The van der Waals surface area contributed by atoms with Gasteiger partial charge in [0.2, 0.25) is 0 Å². The van der Waals surface area contributed by atoms with Gasteiger partial charge in [0.25, 0.3) is 0 Å². The van der Waals surface area contributed by atoms with Crippen molar-refractivity contribution in [2.75, 3.05) is 34.4 Å². The summed E-state index contributed by atoms with van der Waals surface area (Å²) in [5, 5.41) is 0. The highest BCUT2D eigenvalue weighted by atomic mass is 16.5. The van der Waals surface area contributed by atoms with Crippen molar-refractivity contribution in [3.63, 3.8) is 0 Å². The quantitative estimate of drug-likeness (QED) is 0.804. The van der Waals surface area contributed by atoms with E-state index in [0.717, 1.165) is 36.6 Å². The third-order valence-corrected chi connectivity index (χ3v) is 2.95. The molecule has 1 aromatic carbocycles. The zero-order valence-electron chi connectivity index (χ0n) is 11.8. The SMILES string of the molecule is COCCN(C)Cc1cc(C(C)N)ccc1OC. The van der Waals surface area contributed by atoms with Crippen LogP contribution in [0.15, 0.2) is 18.2 Å². The molecular formula is C14H24N2O2. The maximum Gasteiger partial charge on any atom is 0.123 e. The summed E-state index contributed by atoms with van der Waals surface area (Å²) in [7, 11) is 5.47. The zero-order chi connectivity index (χ0) is 13.5. The maximum absolute atomic E-state index is 5.91. The second-order valence-corrected chi connectivity index (χ2v) is 4.59. The number of benzene rings is 1. The maximum atomic E-state index is 5.91. The minimum Gasteiger partial charge on any atom is -0.496 e. The van der Waals surface area contributed by atoms with Gasteiger partial charge in [0.15, 0.2) is 0 Å². The summed E-state index contributed by atoms with van der Waals surface area (Å²) in [6, 6.07) is 6.16. The van der Waals surface area contributed by atoms with E-state index in [-0.39, 0.29) is 6.04 Å². The number of nitrogens with zero attached hydrogens (tertiary/aromatic N) is 1. The first-order valence-corrected chi connectivity index (χ1v) is 6.18. The summed E-state index contributed by atoms with van der Waals surface area (Å²) >= 11 is 0. The standard InChI is InChI=1S/C14H24N2O2/c1-11(15)12-5-6-14(18-4)13(9-12)10-16(2)7-8-17-3/h5-6,9,11H,7-8,10,15H2,1-4H3. The number of nitrogens with two attached hydrogens (primary N) is 1. The van der Waals surface area contributed by atoms with Gasteiger partial charge in [0, 0.05) is 31.8 Å². The van der Waals surface area contributed by atoms with E-state index < -0.39 is 0 Å². The fourth-order valence-corrected chi connectivity index (χ4v) is 1.82. The average Bonchev–Trinajstić information content (AvgIpc) is 2.36. The van der Waals surface area contributed by atoms with Gasteiger partial charge in [-0.15, -0.1) is 0 Å². The van der Waals surface area contributed by atoms with Crippen LogP contribution in [0.4, 0.5) is 0 Å². The number of hydrogen-bond acceptors (Lipinski definition) is 4. The first kappa shape index (κ1) is 15.0. The lowest BCUT2D eigenvalue weighted by Gasteiger charge is -2.19. The molecule has 0 aromatic heterocycles. The van der Waals surface area contributed by atoms with Crippen LogP contribution >= 0.6 is 0 Å². The first-order chi connectivity index (χ1) is 8.58. The number of methoxy groups -OCH3 is 2. The molecule has 0 amide bonds. The third-order valence-electron chi connectivity index (χ3n) is 2.95. The lowest BCUT2D eigenvalue weighted by molar-refractivity contribution is 0.158. The van der Waals surface area contributed by atoms with Gasteiger partial charge in [-0.25, -0.2) is 0 Å². The van der Waals surface area contributed by atoms with Gasteiger partial charge in [0.05, 0.1) is 13.7 Å². The van der Waals surface area contributed by atoms with Crippen molar-refractivity contribution >= 4 is 0 Å².